The summed E-state index contributed by atoms with van der Waals surface area (Å²) in [6.45, 7) is 1.63. The van der Waals surface area contributed by atoms with Crippen molar-refractivity contribution in [3.05, 3.63) is 58.4 Å². The minimum absolute atomic E-state index is 0.0751. The monoisotopic (exact) mass is 349 g/mol. The average molecular weight is 350 g/mol. The number of hydrogen-bond acceptors (Lipinski definition) is 5. The molecule has 8 heteroatoms. The summed E-state index contributed by atoms with van der Waals surface area (Å²) in [5, 5.41) is 3.60. The van der Waals surface area contributed by atoms with Crippen LogP contribution in [-0.4, -0.2) is 19.0 Å². The van der Waals surface area contributed by atoms with Crippen molar-refractivity contribution in [1.29, 1.82) is 0 Å². The Morgan fingerprint density at radius 3 is 2.83 bits per heavy atom. The van der Waals surface area contributed by atoms with Crippen molar-refractivity contribution in [3.63, 3.8) is 0 Å². The fourth-order valence-electron chi connectivity index (χ4n) is 2.72. The first kappa shape index (κ1) is 16.4. The molecule has 126 valence electrons. The van der Waals surface area contributed by atoms with Gasteiger partial charge in [0.05, 0.1) is 22.8 Å². The number of hydrazine groups is 1. The molecule has 0 spiro atoms. The summed E-state index contributed by atoms with van der Waals surface area (Å²) >= 11 is 5.97. The summed E-state index contributed by atoms with van der Waals surface area (Å²) in [6.07, 6.45) is 0. The molecular weight excluding hydrogens is 333 g/mol. The van der Waals surface area contributed by atoms with E-state index in [0.717, 1.165) is 5.56 Å². The lowest BCUT2D eigenvalue weighted by atomic mass is 10.1. The van der Waals surface area contributed by atoms with E-state index in [9.17, 15) is 4.39 Å². The Morgan fingerprint density at radius 2 is 2.12 bits per heavy atom. The molecule has 2 aromatic rings. The Balaban J connectivity index is 2.10. The van der Waals surface area contributed by atoms with Crippen molar-refractivity contribution in [2.45, 2.75) is 6.54 Å². The third kappa shape index (κ3) is 3.08. The number of nitrogens with one attached hydrogen (secondary N) is 1. The van der Waals surface area contributed by atoms with Crippen LogP contribution in [0, 0.1) is 5.82 Å². The molecular formula is C16H17ClFN5O. The van der Waals surface area contributed by atoms with Crippen LogP contribution in [0.15, 0.2) is 41.5 Å². The average Bonchev–Trinajstić information content (AvgIpc) is 2.57. The van der Waals surface area contributed by atoms with E-state index in [0.29, 0.717) is 31.1 Å². The Labute approximate surface area is 143 Å². The lowest BCUT2D eigenvalue weighted by Gasteiger charge is -2.33. The van der Waals surface area contributed by atoms with E-state index in [-0.39, 0.29) is 16.4 Å². The molecule has 0 saturated heterocycles. The van der Waals surface area contributed by atoms with Crippen LogP contribution >= 0.6 is 11.6 Å². The summed E-state index contributed by atoms with van der Waals surface area (Å²) in [7, 11) is 0. The molecule has 1 heterocycles. The lowest BCUT2D eigenvalue weighted by molar-refractivity contribution is 0.306. The number of anilines is 1. The van der Waals surface area contributed by atoms with Crippen LogP contribution in [0.2, 0.25) is 5.02 Å². The summed E-state index contributed by atoms with van der Waals surface area (Å²) in [5.41, 5.74) is 9.63. The van der Waals surface area contributed by atoms with Crippen LogP contribution in [0.5, 0.6) is 5.75 Å². The minimum atomic E-state index is -0.657. The minimum Gasteiger partial charge on any atom is -0.489 e. The van der Waals surface area contributed by atoms with Gasteiger partial charge in [-0.25, -0.2) is 15.8 Å². The Bertz CT molecular complexity index is 769. The van der Waals surface area contributed by atoms with E-state index in [1.54, 1.807) is 0 Å². The van der Waals surface area contributed by atoms with Gasteiger partial charge in [0, 0.05) is 12.6 Å². The summed E-state index contributed by atoms with van der Waals surface area (Å²) in [6, 6.07) is 11.3. The van der Waals surface area contributed by atoms with Gasteiger partial charge in [0.25, 0.3) is 0 Å². The first-order valence-electron chi connectivity index (χ1n) is 7.34. The van der Waals surface area contributed by atoms with Crippen molar-refractivity contribution in [1.82, 2.24) is 5.53 Å². The quantitative estimate of drug-likeness (QED) is 0.340. The second-order valence-electron chi connectivity index (χ2n) is 5.28. The van der Waals surface area contributed by atoms with Gasteiger partial charge in [-0.05, 0) is 5.56 Å². The topological polar surface area (TPSA) is 88.9 Å². The molecule has 0 fully saturated rings. The highest BCUT2D eigenvalue weighted by atomic mass is 35.5. The van der Waals surface area contributed by atoms with Gasteiger partial charge in [0.2, 0.25) is 0 Å². The molecule has 0 amide bonds. The van der Waals surface area contributed by atoms with Crippen LogP contribution in [-0.2, 0) is 6.54 Å². The first-order chi connectivity index (χ1) is 11.6. The van der Waals surface area contributed by atoms with Gasteiger partial charge >= 0.3 is 0 Å². The molecule has 0 bridgehead atoms. The summed E-state index contributed by atoms with van der Waals surface area (Å²) < 4.78 is 20.3. The molecule has 24 heavy (non-hydrogen) atoms. The van der Waals surface area contributed by atoms with Crippen LogP contribution in [0.3, 0.4) is 0 Å². The number of benzene rings is 2. The van der Waals surface area contributed by atoms with Gasteiger partial charge in [0.1, 0.15) is 12.4 Å². The van der Waals surface area contributed by atoms with Crippen molar-refractivity contribution in [3.8, 4) is 5.75 Å². The van der Waals surface area contributed by atoms with Crippen LogP contribution in [0.25, 0.3) is 0 Å². The maximum Gasteiger partial charge on any atom is 0.157 e. The number of ether oxygens (including phenoxy) is 1. The standard InChI is InChI=1S/C16H17ClFN5O/c17-11-8-12-15(13(14(11)18)16(19)21-22-20)23(6-7-24-12)9-10-4-2-1-3-5-10/h1-5,8,22H,6-7,9,20H2,(H2,19,21). The van der Waals surface area contributed by atoms with Gasteiger partial charge in [-0.1, -0.05) is 41.9 Å². The maximum absolute atomic E-state index is 14.6. The Kier molecular flexibility index (Phi) is 4.73. The van der Waals surface area contributed by atoms with Crippen molar-refractivity contribution in [2.75, 3.05) is 18.1 Å². The van der Waals surface area contributed by atoms with Crippen molar-refractivity contribution in [2.24, 2.45) is 16.7 Å². The number of nitrogens with two attached hydrogens (primary N) is 2. The fraction of sp³-hybridized carbons (Fsp3) is 0.188. The van der Waals surface area contributed by atoms with E-state index < -0.39 is 5.82 Å². The third-order valence-corrected chi connectivity index (χ3v) is 4.02. The van der Waals surface area contributed by atoms with Gasteiger partial charge in [-0.2, -0.15) is 0 Å². The highest BCUT2D eigenvalue weighted by Crippen LogP contribution is 2.40. The molecule has 0 atom stereocenters. The van der Waals surface area contributed by atoms with E-state index in [1.165, 1.54) is 6.07 Å². The molecule has 2 aromatic carbocycles. The van der Waals surface area contributed by atoms with E-state index in [2.05, 4.69) is 10.6 Å². The van der Waals surface area contributed by atoms with Gasteiger partial charge in [-0.3, -0.25) is 0 Å². The number of hydrazone groups is 1. The highest BCUT2D eigenvalue weighted by Gasteiger charge is 2.28. The van der Waals surface area contributed by atoms with Crippen molar-refractivity contribution >= 4 is 23.1 Å². The molecule has 0 aromatic heterocycles. The molecule has 1 aliphatic rings. The fourth-order valence-corrected chi connectivity index (χ4v) is 2.91. The smallest absolute Gasteiger partial charge is 0.157 e. The number of rotatable bonds is 4. The van der Waals surface area contributed by atoms with Crippen LogP contribution in [0.4, 0.5) is 10.1 Å². The highest BCUT2D eigenvalue weighted by molar-refractivity contribution is 6.31. The largest absolute Gasteiger partial charge is 0.489 e. The zero-order valence-corrected chi connectivity index (χ0v) is 13.6. The van der Waals surface area contributed by atoms with Crippen molar-refractivity contribution < 1.29 is 9.13 Å². The Hall–Kier alpha value is -2.51. The molecule has 0 saturated carbocycles. The Morgan fingerprint density at radius 1 is 1.38 bits per heavy atom. The third-order valence-electron chi connectivity index (χ3n) is 3.75. The molecule has 0 aliphatic carbocycles. The number of fused-ring (bicyclic) bond motifs is 1. The molecule has 6 nitrogen and oxygen atoms in total. The van der Waals surface area contributed by atoms with Gasteiger partial charge in [-0.15, -0.1) is 5.10 Å². The number of halogens is 2. The number of hydrogen-bond donors (Lipinski definition) is 3. The van der Waals surface area contributed by atoms with Gasteiger partial charge in [0.15, 0.2) is 11.7 Å². The SMILES string of the molecule is NN/N=C(\N)c1c(F)c(Cl)cc2c1N(Cc1ccccc1)CCO2. The van der Waals surface area contributed by atoms with Gasteiger partial charge < -0.3 is 15.4 Å². The number of nitrogens with zero attached hydrogens (tertiary/aromatic N) is 2. The van der Waals surface area contributed by atoms with E-state index >= 15 is 0 Å². The number of amidine groups is 1. The maximum atomic E-state index is 14.6. The van der Waals surface area contributed by atoms with E-state index in [1.807, 2.05) is 35.2 Å². The predicted octanol–water partition coefficient (Wildman–Crippen LogP) is 1.96. The molecule has 5 N–H and O–H groups in total. The molecule has 1 aliphatic heterocycles. The predicted molar refractivity (Wildman–Crippen MR) is 92.4 cm³/mol. The summed E-state index contributed by atoms with van der Waals surface area (Å²) in [4.78, 5) is 1.99. The van der Waals surface area contributed by atoms with E-state index in [4.69, 9.17) is 27.9 Å². The van der Waals surface area contributed by atoms with Crippen LogP contribution < -0.4 is 26.7 Å². The zero-order chi connectivity index (χ0) is 17.1. The second kappa shape index (κ2) is 6.94. The summed E-state index contributed by atoms with van der Waals surface area (Å²) in [5.74, 6) is 4.88. The molecule has 0 radical (unpaired) electrons. The normalized spacial score (nSPS) is 14.1. The lowest BCUT2D eigenvalue weighted by Crippen LogP contribution is -2.35. The first-order valence-corrected chi connectivity index (χ1v) is 7.72. The second-order valence-corrected chi connectivity index (χ2v) is 5.68. The molecule has 3 rings (SSSR count). The zero-order valence-electron chi connectivity index (χ0n) is 12.8. The van der Waals surface area contributed by atoms with Crippen LogP contribution in [0.1, 0.15) is 11.1 Å². The molecule has 0 unspecified atom stereocenters.